The second-order valence-corrected chi connectivity index (χ2v) is 6.90. The summed E-state index contributed by atoms with van der Waals surface area (Å²) in [7, 11) is 1.68. The summed E-state index contributed by atoms with van der Waals surface area (Å²) in [6.45, 7) is 0. The van der Waals surface area contributed by atoms with Crippen molar-refractivity contribution in [3.63, 3.8) is 0 Å². The van der Waals surface area contributed by atoms with E-state index in [2.05, 4.69) is 18.2 Å². The summed E-state index contributed by atoms with van der Waals surface area (Å²) in [5.74, 6) is 0.875. The second kappa shape index (κ2) is 6.19. The maximum Gasteiger partial charge on any atom is 0.118 e. The van der Waals surface area contributed by atoms with Gasteiger partial charge in [0, 0.05) is 9.75 Å². The standard InChI is InChI=1S/C17H19ClOS/c1-19-14-9-7-12(8-10-14)17(18)16-11-13-5-3-2-4-6-15(13)20-16/h7-11,17H,2-6H2,1H3. The lowest BCUT2D eigenvalue weighted by atomic mass is 10.1. The van der Waals surface area contributed by atoms with Gasteiger partial charge in [0.25, 0.3) is 0 Å². The van der Waals surface area contributed by atoms with E-state index in [4.69, 9.17) is 16.3 Å². The van der Waals surface area contributed by atoms with Crippen molar-refractivity contribution < 1.29 is 4.74 Å². The van der Waals surface area contributed by atoms with Crippen molar-refractivity contribution in [3.05, 3.63) is 51.2 Å². The fourth-order valence-electron chi connectivity index (χ4n) is 2.75. The van der Waals surface area contributed by atoms with Crippen molar-refractivity contribution in [2.45, 2.75) is 37.5 Å². The normalized spacial score (nSPS) is 16.3. The number of ether oxygens (including phenoxy) is 1. The molecule has 0 saturated heterocycles. The zero-order chi connectivity index (χ0) is 13.9. The minimum Gasteiger partial charge on any atom is -0.497 e. The lowest BCUT2D eigenvalue weighted by Crippen LogP contribution is -1.91. The highest BCUT2D eigenvalue weighted by molar-refractivity contribution is 7.12. The lowest BCUT2D eigenvalue weighted by Gasteiger charge is -2.08. The van der Waals surface area contributed by atoms with Crippen LogP contribution in [0.5, 0.6) is 5.75 Å². The van der Waals surface area contributed by atoms with Crippen molar-refractivity contribution in [2.24, 2.45) is 0 Å². The fraction of sp³-hybridized carbons (Fsp3) is 0.412. The summed E-state index contributed by atoms with van der Waals surface area (Å²) >= 11 is 8.56. The van der Waals surface area contributed by atoms with Gasteiger partial charge in [-0.2, -0.15) is 0 Å². The molecule has 0 bridgehead atoms. The highest BCUT2D eigenvalue weighted by atomic mass is 35.5. The Morgan fingerprint density at radius 2 is 1.85 bits per heavy atom. The summed E-state index contributed by atoms with van der Waals surface area (Å²) < 4.78 is 5.19. The highest BCUT2D eigenvalue weighted by Gasteiger charge is 2.18. The maximum atomic E-state index is 6.66. The van der Waals surface area contributed by atoms with Gasteiger partial charge in [0.2, 0.25) is 0 Å². The predicted octanol–water partition coefficient (Wildman–Crippen LogP) is 5.35. The minimum absolute atomic E-state index is 0.0437. The number of methoxy groups -OCH3 is 1. The van der Waals surface area contributed by atoms with Gasteiger partial charge in [-0.3, -0.25) is 0 Å². The van der Waals surface area contributed by atoms with Crippen molar-refractivity contribution in [3.8, 4) is 5.75 Å². The van der Waals surface area contributed by atoms with E-state index in [1.807, 2.05) is 23.5 Å². The van der Waals surface area contributed by atoms with Crippen molar-refractivity contribution in [2.75, 3.05) is 7.11 Å². The Labute approximate surface area is 129 Å². The quantitative estimate of drug-likeness (QED) is 0.548. The molecule has 3 heteroatoms. The van der Waals surface area contributed by atoms with E-state index in [1.165, 1.54) is 42.5 Å². The molecule has 20 heavy (non-hydrogen) atoms. The average molecular weight is 307 g/mol. The Balaban J connectivity index is 1.84. The SMILES string of the molecule is COc1ccc(C(Cl)c2cc3c(s2)CCCCC3)cc1. The van der Waals surface area contributed by atoms with E-state index in [9.17, 15) is 0 Å². The molecule has 0 N–H and O–H groups in total. The van der Waals surface area contributed by atoms with Gasteiger partial charge in [-0.25, -0.2) is 0 Å². The van der Waals surface area contributed by atoms with Crippen molar-refractivity contribution in [1.82, 2.24) is 0 Å². The van der Waals surface area contributed by atoms with Gasteiger partial charge in [-0.05, 0) is 55.0 Å². The zero-order valence-electron chi connectivity index (χ0n) is 11.7. The molecule has 3 rings (SSSR count). The first-order valence-electron chi connectivity index (χ1n) is 7.17. The van der Waals surface area contributed by atoms with E-state index >= 15 is 0 Å². The van der Waals surface area contributed by atoms with E-state index < -0.39 is 0 Å². The van der Waals surface area contributed by atoms with Crippen LogP contribution in [0.4, 0.5) is 0 Å². The Morgan fingerprint density at radius 3 is 2.60 bits per heavy atom. The minimum atomic E-state index is -0.0437. The highest BCUT2D eigenvalue weighted by Crippen LogP contribution is 2.38. The molecular formula is C17H19ClOS. The molecule has 1 aromatic heterocycles. The summed E-state index contributed by atoms with van der Waals surface area (Å²) in [4.78, 5) is 2.83. The Bertz CT molecular complexity index is 550. The van der Waals surface area contributed by atoms with Gasteiger partial charge in [-0.1, -0.05) is 18.6 Å². The van der Waals surface area contributed by atoms with Crippen LogP contribution in [0.15, 0.2) is 30.3 Å². The van der Waals surface area contributed by atoms with Crippen LogP contribution in [-0.2, 0) is 12.8 Å². The Kier molecular flexibility index (Phi) is 4.32. The third kappa shape index (κ3) is 2.87. The molecule has 1 nitrogen and oxygen atoms in total. The third-order valence-corrected chi connectivity index (χ3v) is 5.84. The number of hydrogen-bond donors (Lipinski definition) is 0. The first-order chi connectivity index (χ1) is 9.78. The summed E-state index contributed by atoms with van der Waals surface area (Å²) in [5.41, 5.74) is 2.67. The lowest BCUT2D eigenvalue weighted by molar-refractivity contribution is 0.414. The monoisotopic (exact) mass is 306 g/mol. The van der Waals surface area contributed by atoms with Gasteiger partial charge < -0.3 is 4.74 Å². The van der Waals surface area contributed by atoms with Crippen LogP contribution >= 0.6 is 22.9 Å². The molecule has 1 aromatic carbocycles. The smallest absolute Gasteiger partial charge is 0.118 e. The number of thiophene rings is 1. The van der Waals surface area contributed by atoms with Gasteiger partial charge in [0.15, 0.2) is 0 Å². The summed E-state index contributed by atoms with van der Waals surface area (Å²) in [6, 6.07) is 10.4. The molecule has 0 saturated carbocycles. The van der Waals surface area contributed by atoms with Crippen LogP contribution in [0.2, 0.25) is 0 Å². The first-order valence-corrected chi connectivity index (χ1v) is 8.42. The van der Waals surface area contributed by atoms with Crippen LogP contribution in [-0.4, -0.2) is 7.11 Å². The van der Waals surface area contributed by atoms with Gasteiger partial charge in [0.05, 0.1) is 12.5 Å². The predicted molar refractivity (Wildman–Crippen MR) is 86.3 cm³/mol. The molecule has 0 amide bonds. The van der Waals surface area contributed by atoms with E-state index in [-0.39, 0.29) is 5.38 Å². The molecular weight excluding hydrogens is 288 g/mol. The van der Waals surface area contributed by atoms with Crippen molar-refractivity contribution in [1.29, 1.82) is 0 Å². The van der Waals surface area contributed by atoms with Gasteiger partial charge in [-0.15, -0.1) is 22.9 Å². The average Bonchev–Trinajstić information content (AvgIpc) is 2.77. The van der Waals surface area contributed by atoms with E-state index in [0.717, 1.165) is 11.3 Å². The molecule has 0 radical (unpaired) electrons. The summed E-state index contributed by atoms with van der Waals surface area (Å²) in [5, 5.41) is -0.0437. The molecule has 1 unspecified atom stereocenters. The van der Waals surface area contributed by atoms with Crippen LogP contribution in [0.25, 0.3) is 0 Å². The van der Waals surface area contributed by atoms with Crippen LogP contribution < -0.4 is 4.74 Å². The summed E-state index contributed by atoms with van der Waals surface area (Å²) in [6.07, 6.45) is 6.45. The van der Waals surface area contributed by atoms with Gasteiger partial charge in [0.1, 0.15) is 5.75 Å². The van der Waals surface area contributed by atoms with Crippen LogP contribution in [0.1, 0.15) is 45.5 Å². The van der Waals surface area contributed by atoms with Crippen LogP contribution in [0, 0.1) is 0 Å². The molecule has 0 aliphatic heterocycles. The van der Waals surface area contributed by atoms with E-state index in [0.29, 0.717) is 0 Å². The number of fused-ring (bicyclic) bond motifs is 1. The number of benzene rings is 1. The zero-order valence-corrected chi connectivity index (χ0v) is 13.3. The number of hydrogen-bond acceptors (Lipinski definition) is 2. The topological polar surface area (TPSA) is 9.23 Å². The first kappa shape index (κ1) is 14.0. The molecule has 1 heterocycles. The number of rotatable bonds is 3. The molecule has 0 spiro atoms. The molecule has 1 atom stereocenters. The van der Waals surface area contributed by atoms with Crippen LogP contribution in [0.3, 0.4) is 0 Å². The largest absolute Gasteiger partial charge is 0.497 e. The molecule has 106 valence electrons. The number of aryl methyl sites for hydroxylation is 2. The van der Waals surface area contributed by atoms with Gasteiger partial charge >= 0.3 is 0 Å². The number of halogens is 1. The Hall–Kier alpha value is -0.990. The maximum absolute atomic E-state index is 6.66. The fourth-order valence-corrected chi connectivity index (χ4v) is 4.36. The second-order valence-electron chi connectivity index (χ2n) is 5.29. The Morgan fingerprint density at radius 1 is 1.10 bits per heavy atom. The molecule has 0 fully saturated rings. The van der Waals surface area contributed by atoms with Crippen molar-refractivity contribution >= 4 is 22.9 Å². The van der Waals surface area contributed by atoms with E-state index in [1.54, 1.807) is 12.0 Å². The third-order valence-electron chi connectivity index (χ3n) is 3.92. The molecule has 2 aromatic rings. The molecule has 1 aliphatic carbocycles. The molecule has 1 aliphatic rings. The number of alkyl halides is 1.